The molecule has 0 atom stereocenters. The fourth-order valence-corrected chi connectivity index (χ4v) is 1.98. The van der Waals surface area contributed by atoms with Crippen LogP contribution >= 0.6 is 38.5 Å². The van der Waals surface area contributed by atoms with Crippen LogP contribution in [0, 0.1) is 3.83 Å². The average Bonchev–Trinajstić information content (AvgIpc) is 2.65. The number of ether oxygens (including phenoxy) is 1. The molecule has 1 heterocycles. The summed E-state index contributed by atoms with van der Waals surface area (Å²) in [5.41, 5.74) is 0.859. The molecule has 0 aliphatic carbocycles. The maximum absolute atomic E-state index is 5.13. The van der Waals surface area contributed by atoms with E-state index in [1.807, 2.05) is 40.8 Å². The van der Waals surface area contributed by atoms with E-state index >= 15 is 0 Å². The Morgan fingerprint density at radius 3 is 2.80 bits per heavy atom. The lowest BCUT2D eigenvalue weighted by atomic mass is 10.2. The third-order valence-corrected chi connectivity index (χ3v) is 2.86. The molecule has 1 aromatic heterocycles. The van der Waals surface area contributed by atoms with E-state index < -0.39 is 0 Å². The van der Waals surface area contributed by atoms with Crippen molar-refractivity contribution in [3.8, 4) is 17.2 Å². The Morgan fingerprint density at radius 1 is 1.47 bits per heavy atom. The zero-order chi connectivity index (χ0) is 10.8. The van der Waals surface area contributed by atoms with Gasteiger partial charge in [0.25, 0.3) is 5.89 Å². The van der Waals surface area contributed by atoms with Crippen molar-refractivity contribution in [2.24, 2.45) is 0 Å². The van der Waals surface area contributed by atoms with Crippen LogP contribution in [0.15, 0.2) is 27.2 Å². The van der Waals surface area contributed by atoms with E-state index in [0.29, 0.717) is 9.72 Å². The highest BCUT2D eigenvalue weighted by molar-refractivity contribution is 14.1. The molecule has 4 nitrogen and oxygen atoms in total. The third kappa shape index (κ3) is 2.31. The van der Waals surface area contributed by atoms with Gasteiger partial charge in [0.15, 0.2) is 0 Å². The third-order valence-electron chi connectivity index (χ3n) is 1.80. The van der Waals surface area contributed by atoms with Crippen molar-refractivity contribution < 1.29 is 9.26 Å². The first kappa shape index (κ1) is 10.9. The van der Waals surface area contributed by atoms with Crippen molar-refractivity contribution in [3.05, 3.63) is 26.5 Å². The summed E-state index contributed by atoms with van der Waals surface area (Å²) in [6.45, 7) is 0. The van der Waals surface area contributed by atoms with Gasteiger partial charge < -0.3 is 9.26 Å². The number of halogens is 2. The average molecular weight is 381 g/mol. The van der Waals surface area contributed by atoms with Crippen LogP contribution in [-0.4, -0.2) is 17.3 Å². The molecule has 2 aromatic rings. The molecule has 0 radical (unpaired) electrons. The Hall–Kier alpha value is -0.630. The number of nitrogens with zero attached hydrogens (tertiary/aromatic N) is 2. The lowest BCUT2D eigenvalue weighted by Gasteiger charge is -2.03. The van der Waals surface area contributed by atoms with Crippen LogP contribution in [0.4, 0.5) is 0 Å². The summed E-state index contributed by atoms with van der Waals surface area (Å²) in [6.07, 6.45) is 0. The lowest BCUT2D eigenvalue weighted by molar-refractivity contribution is 0.411. The van der Waals surface area contributed by atoms with Crippen molar-refractivity contribution in [1.82, 2.24) is 10.1 Å². The molecule has 15 heavy (non-hydrogen) atoms. The Morgan fingerprint density at radius 2 is 2.27 bits per heavy atom. The monoisotopic (exact) mass is 380 g/mol. The number of aromatic nitrogens is 2. The van der Waals surface area contributed by atoms with Gasteiger partial charge in [0.2, 0.25) is 3.83 Å². The summed E-state index contributed by atoms with van der Waals surface area (Å²) in [5, 5.41) is 3.72. The summed E-state index contributed by atoms with van der Waals surface area (Å²) in [6, 6.07) is 5.59. The second-order valence-electron chi connectivity index (χ2n) is 2.72. The van der Waals surface area contributed by atoms with Gasteiger partial charge in [-0.2, -0.15) is 4.98 Å². The normalized spacial score (nSPS) is 10.3. The van der Waals surface area contributed by atoms with Crippen LogP contribution < -0.4 is 4.74 Å². The van der Waals surface area contributed by atoms with Crippen molar-refractivity contribution in [2.75, 3.05) is 7.11 Å². The molecule has 0 N–H and O–H groups in total. The minimum atomic E-state index is 0.503. The molecule has 2 rings (SSSR count). The molecule has 1 aromatic carbocycles. The van der Waals surface area contributed by atoms with Crippen LogP contribution in [0.3, 0.4) is 0 Å². The van der Waals surface area contributed by atoms with E-state index in [-0.39, 0.29) is 0 Å². The molecular formula is C9H6BrIN2O2. The van der Waals surface area contributed by atoms with Gasteiger partial charge in [-0.3, -0.25) is 0 Å². The zero-order valence-electron chi connectivity index (χ0n) is 7.70. The van der Waals surface area contributed by atoms with Gasteiger partial charge in [-0.15, -0.1) is 0 Å². The first-order valence-corrected chi connectivity index (χ1v) is 5.91. The topological polar surface area (TPSA) is 48.2 Å². The molecule has 78 valence electrons. The first-order valence-electron chi connectivity index (χ1n) is 4.04. The Bertz CT molecular complexity index is 487. The zero-order valence-corrected chi connectivity index (χ0v) is 11.4. The smallest absolute Gasteiger partial charge is 0.258 e. The van der Waals surface area contributed by atoms with E-state index in [9.17, 15) is 0 Å². The van der Waals surface area contributed by atoms with Crippen LogP contribution in [-0.2, 0) is 0 Å². The fourth-order valence-electron chi connectivity index (χ4n) is 1.12. The van der Waals surface area contributed by atoms with E-state index in [1.54, 1.807) is 7.11 Å². The van der Waals surface area contributed by atoms with Gasteiger partial charge >= 0.3 is 0 Å². The highest BCUT2D eigenvalue weighted by Crippen LogP contribution is 2.29. The summed E-state index contributed by atoms with van der Waals surface area (Å²) < 4.78 is 11.6. The highest BCUT2D eigenvalue weighted by Gasteiger charge is 2.09. The summed E-state index contributed by atoms with van der Waals surface area (Å²) in [5.74, 6) is 1.27. The van der Waals surface area contributed by atoms with E-state index in [4.69, 9.17) is 9.26 Å². The van der Waals surface area contributed by atoms with Crippen LogP contribution in [0.25, 0.3) is 11.5 Å². The molecule has 0 amide bonds. The molecule has 0 unspecified atom stereocenters. The summed E-state index contributed by atoms with van der Waals surface area (Å²) in [4.78, 5) is 4.12. The quantitative estimate of drug-likeness (QED) is 0.751. The molecule has 0 aliphatic rings. The molecule has 0 bridgehead atoms. The molecule has 0 fully saturated rings. The molecule has 6 heteroatoms. The van der Waals surface area contributed by atoms with E-state index in [1.165, 1.54) is 0 Å². The number of benzene rings is 1. The first-order chi connectivity index (χ1) is 7.20. The second-order valence-corrected chi connectivity index (χ2v) is 4.54. The maximum Gasteiger partial charge on any atom is 0.258 e. The molecule has 0 saturated carbocycles. The standard InChI is InChI=1S/C9H6BrIN2O2/c1-14-7-3-2-5(4-6(7)10)8-12-9(11)13-15-8/h2-4H,1H3. The van der Waals surface area contributed by atoms with E-state index in [2.05, 4.69) is 26.1 Å². The van der Waals surface area contributed by atoms with Crippen LogP contribution in [0.1, 0.15) is 0 Å². The van der Waals surface area contributed by atoms with Gasteiger partial charge in [-0.1, -0.05) is 5.16 Å². The van der Waals surface area contributed by atoms with Gasteiger partial charge in [-0.25, -0.2) is 0 Å². The molecule has 0 aliphatic heterocycles. The Kier molecular flexibility index (Phi) is 3.25. The molecule has 0 saturated heterocycles. The maximum atomic E-state index is 5.13. The van der Waals surface area contributed by atoms with Gasteiger partial charge in [-0.05, 0) is 34.1 Å². The van der Waals surface area contributed by atoms with Crippen LogP contribution in [0.2, 0.25) is 0 Å². The SMILES string of the molecule is COc1ccc(-c2nc(I)no2)cc1Br. The van der Waals surface area contributed by atoms with E-state index in [0.717, 1.165) is 15.8 Å². The van der Waals surface area contributed by atoms with Crippen molar-refractivity contribution >= 4 is 38.5 Å². The number of rotatable bonds is 2. The van der Waals surface area contributed by atoms with Crippen molar-refractivity contribution in [1.29, 1.82) is 0 Å². The molecule has 0 spiro atoms. The minimum absolute atomic E-state index is 0.503. The van der Waals surface area contributed by atoms with Crippen molar-refractivity contribution in [3.63, 3.8) is 0 Å². The summed E-state index contributed by atoms with van der Waals surface area (Å²) >= 11 is 5.39. The van der Waals surface area contributed by atoms with Gasteiger partial charge in [0.1, 0.15) is 5.75 Å². The lowest BCUT2D eigenvalue weighted by Crippen LogP contribution is -1.85. The summed E-state index contributed by atoms with van der Waals surface area (Å²) in [7, 11) is 1.62. The fraction of sp³-hybridized carbons (Fsp3) is 0.111. The largest absolute Gasteiger partial charge is 0.496 e. The van der Waals surface area contributed by atoms with Crippen molar-refractivity contribution in [2.45, 2.75) is 0 Å². The minimum Gasteiger partial charge on any atom is -0.496 e. The number of methoxy groups -OCH3 is 1. The van der Waals surface area contributed by atoms with Crippen LogP contribution in [0.5, 0.6) is 5.75 Å². The second kappa shape index (κ2) is 4.48. The van der Waals surface area contributed by atoms with Gasteiger partial charge in [0, 0.05) is 28.2 Å². The predicted molar refractivity (Wildman–Crippen MR) is 66.7 cm³/mol. The van der Waals surface area contributed by atoms with Gasteiger partial charge in [0.05, 0.1) is 11.6 Å². The Balaban J connectivity index is 2.42. The predicted octanol–water partition coefficient (Wildman–Crippen LogP) is 3.11. The number of hydrogen-bond acceptors (Lipinski definition) is 4. The number of hydrogen-bond donors (Lipinski definition) is 0. The highest BCUT2D eigenvalue weighted by atomic mass is 127. The molecular weight excluding hydrogens is 375 g/mol. The Labute approximate surface area is 108 Å².